The van der Waals surface area contributed by atoms with Crippen LogP contribution in [0.15, 0.2) is 30.3 Å². The van der Waals surface area contributed by atoms with Crippen molar-refractivity contribution in [2.75, 3.05) is 13.6 Å². The summed E-state index contributed by atoms with van der Waals surface area (Å²) in [6.45, 7) is 0.739. The number of aliphatic hydroxyl groups excluding tert-OH is 1. The topological polar surface area (TPSA) is 78.6 Å². The van der Waals surface area contributed by atoms with Crippen molar-refractivity contribution < 1.29 is 9.90 Å². The standard InChI is InChI=1S/C19H31N3O2/c1-22(14-16-10-6-3-7-11-16)19(24)21-13-18(23)17(20)12-15-8-4-2-5-9-15/h3,6-7,10-11,15,17-18,23H,2,4-5,8-9,12-14,20H2,1H3,(H,21,24)/t17-,18+/m0/s1. The second-order valence-corrected chi connectivity index (χ2v) is 7.00. The van der Waals surface area contributed by atoms with Gasteiger partial charge < -0.3 is 21.1 Å². The molecule has 5 heteroatoms. The van der Waals surface area contributed by atoms with Crippen molar-refractivity contribution in [3.63, 3.8) is 0 Å². The normalized spacial score (nSPS) is 18.0. The van der Waals surface area contributed by atoms with Gasteiger partial charge in [0.05, 0.1) is 6.10 Å². The van der Waals surface area contributed by atoms with Crippen molar-refractivity contribution in [3.8, 4) is 0 Å². The maximum absolute atomic E-state index is 12.1. The molecule has 1 aromatic carbocycles. The number of nitrogens with zero attached hydrogens (tertiary/aromatic N) is 1. The average Bonchev–Trinajstić information content (AvgIpc) is 2.61. The molecule has 0 spiro atoms. The monoisotopic (exact) mass is 333 g/mol. The zero-order valence-electron chi connectivity index (χ0n) is 14.7. The first-order chi connectivity index (χ1) is 11.6. The smallest absolute Gasteiger partial charge is 0.317 e. The van der Waals surface area contributed by atoms with Crippen LogP contribution in [-0.4, -0.2) is 41.8 Å². The molecule has 2 rings (SSSR count). The lowest BCUT2D eigenvalue weighted by Gasteiger charge is -2.27. The van der Waals surface area contributed by atoms with Crippen molar-refractivity contribution in [2.45, 2.75) is 57.2 Å². The highest BCUT2D eigenvalue weighted by atomic mass is 16.3. The maximum Gasteiger partial charge on any atom is 0.317 e. The highest BCUT2D eigenvalue weighted by Crippen LogP contribution is 2.27. The summed E-state index contributed by atoms with van der Waals surface area (Å²) in [5, 5.41) is 13.0. The van der Waals surface area contributed by atoms with Crippen LogP contribution < -0.4 is 11.1 Å². The van der Waals surface area contributed by atoms with Crippen molar-refractivity contribution in [3.05, 3.63) is 35.9 Å². The van der Waals surface area contributed by atoms with Crippen LogP contribution >= 0.6 is 0 Å². The number of nitrogens with two attached hydrogens (primary N) is 1. The Morgan fingerprint density at radius 2 is 1.96 bits per heavy atom. The van der Waals surface area contributed by atoms with Gasteiger partial charge >= 0.3 is 6.03 Å². The number of nitrogens with one attached hydrogen (secondary N) is 1. The molecule has 1 fully saturated rings. The number of urea groups is 1. The number of aliphatic hydroxyl groups is 1. The van der Waals surface area contributed by atoms with E-state index in [1.165, 1.54) is 32.1 Å². The van der Waals surface area contributed by atoms with Crippen molar-refractivity contribution in [1.82, 2.24) is 10.2 Å². The van der Waals surface area contributed by atoms with E-state index in [0.29, 0.717) is 12.5 Å². The third-order valence-corrected chi connectivity index (χ3v) is 4.90. The van der Waals surface area contributed by atoms with Gasteiger partial charge in [-0.15, -0.1) is 0 Å². The van der Waals surface area contributed by atoms with E-state index in [1.807, 2.05) is 30.3 Å². The summed E-state index contributed by atoms with van der Waals surface area (Å²) in [6.07, 6.45) is 6.44. The SMILES string of the molecule is CN(Cc1ccccc1)C(=O)NC[C@@H](O)[C@@H](N)CC1CCCCC1. The molecule has 1 saturated carbocycles. The lowest BCUT2D eigenvalue weighted by atomic mass is 9.84. The zero-order chi connectivity index (χ0) is 17.4. The Morgan fingerprint density at radius 3 is 2.62 bits per heavy atom. The van der Waals surface area contributed by atoms with Crippen molar-refractivity contribution in [1.29, 1.82) is 0 Å². The van der Waals surface area contributed by atoms with Crippen LogP contribution in [0.25, 0.3) is 0 Å². The average molecular weight is 333 g/mol. The number of carbonyl (C=O) groups excluding carboxylic acids is 1. The molecule has 5 nitrogen and oxygen atoms in total. The van der Waals surface area contributed by atoms with Gasteiger partial charge in [0.25, 0.3) is 0 Å². The summed E-state index contributed by atoms with van der Waals surface area (Å²) in [5.41, 5.74) is 7.19. The van der Waals surface area contributed by atoms with E-state index in [4.69, 9.17) is 5.73 Å². The molecule has 0 aromatic heterocycles. The highest BCUT2D eigenvalue weighted by molar-refractivity contribution is 5.73. The van der Waals surface area contributed by atoms with Gasteiger partial charge in [0.2, 0.25) is 0 Å². The molecule has 4 N–H and O–H groups in total. The fourth-order valence-corrected chi connectivity index (χ4v) is 3.37. The molecule has 0 radical (unpaired) electrons. The summed E-state index contributed by atoms with van der Waals surface area (Å²) < 4.78 is 0. The first-order valence-electron chi connectivity index (χ1n) is 9.03. The predicted octanol–water partition coefficient (Wildman–Crippen LogP) is 2.49. The minimum Gasteiger partial charge on any atom is -0.390 e. The second-order valence-electron chi connectivity index (χ2n) is 7.00. The van der Waals surface area contributed by atoms with Crippen LogP contribution in [0.1, 0.15) is 44.1 Å². The van der Waals surface area contributed by atoms with Crippen LogP contribution in [0.2, 0.25) is 0 Å². The second kappa shape index (κ2) is 9.64. The number of carbonyl (C=O) groups is 1. The van der Waals surface area contributed by atoms with Crippen LogP contribution in [0.3, 0.4) is 0 Å². The summed E-state index contributed by atoms with van der Waals surface area (Å²) in [4.78, 5) is 13.7. The van der Waals surface area contributed by atoms with E-state index < -0.39 is 6.10 Å². The molecule has 0 aliphatic heterocycles. The predicted molar refractivity (Wildman–Crippen MR) is 96.5 cm³/mol. The number of amides is 2. The molecule has 2 atom stereocenters. The van der Waals surface area contributed by atoms with E-state index in [2.05, 4.69) is 5.32 Å². The van der Waals surface area contributed by atoms with Gasteiger partial charge in [-0.1, -0.05) is 62.4 Å². The lowest BCUT2D eigenvalue weighted by Crippen LogP contribution is -2.47. The Bertz CT molecular complexity index is 489. The number of rotatable bonds is 7. The molecular weight excluding hydrogens is 302 g/mol. The molecule has 134 valence electrons. The van der Waals surface area contributed by atoms with E-state index in [-0.39, 0.29) is 18.6 Å². The Balaban J connectivity index is 1.69. The highest BCUT2D eigenvalue weighted by Gasteiger charge is 2.22. The molecular formula is C19H31N3O2. The summed E-state index contributed by atoms with van der Waals surface area (Å²) in [7, 11) is 1.75. The summed E-state index contributed by atoms with van der Waals surface area (Å²) >= 11 is 0. The molecule has 0 saturated heterocycles. The minimum absolute atomic E-state index is 0.192. The molecule has 1 aromatic rings. The van der Waals surface area contributed by atoms with E-state index in [0.717, 1.165) is 12.0 Å². The van der Waals surface area contributed by atoms with E-state index in [1.54, 1.807) is 11.9 Å². The van der Waals surface area contributed by atoms with Gasteiger partial charge in [0, 0.05) is 26.2 Å². The van der Waals surface area contributed by atoms with Crippen LogP contribution in [0.5, 0.6) is 0 Å². The van der Waals surface area contributed by atoms with Gasteiger partial charge in [-0.25, -0.2) is 4.79 Å². The molecule has 1 aliphatic rings. The van der Waals surface area contributed by atoms with Gasteiger partial charge in [-0.2, -0.15) is 0 Å². The first kappa shape index (κ1) is 18.7. The number of hydrogen-bond donors (Lipinski definition) is 3. The largest absolute Gasteiger partial charge is 0.390 e. The zero-order valence-corrected chi connectivity index (χ0v) is 14.7. The van der Waals surface area contributed by atoms with Crippen molar-refractivity contribution in [2.24, 2.45) is 11.7 Å². The third-order valence-electron chi connectivity index (χ3n) is 4.90. The first-order valence-corrected chi connectivity index (χ1v) is 9.03. The minimum atomic E-state index is -0.694. The van der Waals surface area contributed by atoms with Gasteiger partial charge in [-0.3, -0.25) is 0 Å². The Labute approximate surface area is 145 Å². The molecule has 2 amide bonds. The van der Waals surface area contributed by atoms with Crippen LogP contribution in [-0.2, 0) is 6.54 Å². The maximum atomic E-state index is 12.1. The van der Waals surface area contributed by atoms with Gasteiger partial charge in [0.1, 0.15) is 0 Å². The molecule has 0 bridgehead atoms. The quantitative estimate of drug-likeness (QED) is 0.717. The third kappa shape index (κ3) is 6.13. The Kier molecular flexibility index (Phi) is 7.53. The Morgan fingerprint density at radius 1 is 1.29 bits per heavy atom. The van der Waals surface area contributed by atoms with Crippen LogP contribution in [0.4, 0.5) is 4.79 Å². The molecule has 0 heterocycles. The van der Waals surface area contributed by atoms with Gasteiger partial charge in [0.15, 0.2) is 0 Å². The van der Waals surface area contributed by atoms with Gasteiger partial charge in [-0.05, 0) is 17.9 Å². The fourth-order valence-electron chi connectivity index (χ4n) is 3.37. The number of benzene rings is 1. The van der Waals surface area contributed by atoms with E-state index in [9.17, 15) is 9.90 Å². The lowest BCUT2D eigenvalue weighted by molar-refractivity contribution is 0.123. The van der Waals surface area contributed by atoms with E-state index >= 15 is 0 Å². The summed E-state index contributed by atoms with van der Waals surface area (Å²) in [5.74, 6) is 0.625. The molecule has 0 unspecified atom stereocenters. The molecule has 24 heavy (non-hydrogen) atoms. The van der Waals surface area contributed by atoms with Crippen LogP contribution in [0, 0.1) is 5.92 Å². The fraction of sp³-hybridized carbons (Fsp3) is 0.632. The molecule has 1 aliphatic carbocycles. The summed E-state index contributed by atoms with van der Waals surface area (Å²) in [6, 6.07) is 9.37. The number of hydrogen-bond acceptors (Lipinski definition) is 3. The Hall–Kier alpha value is -1.59. The van der Waals surface area contributed by atoms with Crippen molar-refractivity contribution >= 4 is 6.03 Å².